The molecule has 2 amide bonds. The van der Waals surface area contributed by atoms with Crippen molar-refractivity contribution in [3.8, 4) is 5.75 Å². The molecule has 13 nitrogen and oxygen atoms in total. The summed E-state index contributed by atoms with van der Waals surface area (Å²) in [6.07, 6.45) is -5.27. The van der Waals surface area contributed by atoms with Crippen LogP contribution in [0.15, 0.2) is 40.8 Å². The average Bonchev–Trinajstić information content (AvgIpc) is 3.30. The highest BCUT2D eigenvalue weighted by atomic mass is 19.4. The first-order valence-electron chi connectivity index (χ1n) is 10.9. The Morgan fingerprint density at radius 2 is 1.62 bits per heavy atom. The lowest BCUT2D eigenvalue weighted by Gasteiger charge is -2.16. The number of esters is 1. The van der Waals surface area contributed by atoms with Crippen molar-refractivity contribution in [2.45, 2.75) is 38.4 Å². The summed E-state index contributed by atoms with van der Waals surface area (Å²) >= 11 is 0. The standard InChI is InChI=1S/C21H24N4O7.C2HF3O2/c1-11(19(27)25-15(20(28)29)7-9-17(22)26)10-14-6-8-16(31-14)21(30)32-13-4-2-12(3-5-13)18(23)24;3-2(4,5)1(6)7/h2-6,8,11,15H,7,9-10H2,1H3,(H2,22,26)(H3,23,24)(H,25,27)(H,28,29);(H,6,7)/t11-,15-;/m1./s1. The fraction of sp³-hybridized carbons (Fsp3) is 0.304. The lowest BCUT2D eigenvalue weighted by Crippen LogP contribution is -2.44. The SMILES string of the molecule is C[C@H](Cc1ccc(C(=O)Oc2ccc(C(=N)N)cc2)o1)C(=O)N[C@H](CCC(N)=O)C(=O)O.O=C(O)C(F)(F)F. The molecule has 2 aromatic rings. The van der Waals surface area contributed by atoms with Gasteiger partial charge in [-0.3, -0.25) is 15.0 Å². The molecule has 0 radical (unpaired) electrons. The van der Waals surface area contributed by atoms with E-state index < -0.39 is 47.9 Å². The minimum Gasteiger partial charge on any atom is -0.480 e. The first-order chi connectivity index (χ1) is 18.0. The zero-order chi connectivity index (χ0) is 29.9. The van der Waals surface area contributed by atoms with Gasteiger partial charge in [0.25, 0.3) is 0 Å². The Balaban J connectivity index is 0.000000956. The number of nitrogens with one attached hydrogen (secondary N) is 2. The topological polar surface area (TPSA) is 236 Å². The molecule has 0 bridgehead atoms. The minimum absolute atomic E-state index is 0.0758. The molecular weight excluding hydrogens is 533 g/mol. The number of carbonyl (C=O) groups excluding carboxylic acids is 3. The van der Waals surface area contributed by atoms with Gasteiger partial charge >= 0.3 is 24.1 Å². The maximum atomic E-state index is 12.3. The highest BCUT2D eigenvalue weighted by molar-refractivity contribution is 5.95. The smallest absolute Gasteiger partial charge is 0.480 e. The molecule has 2 atom stereocenters. The zero-order valence-corrected chi connectivity index (χ0v) is 20.3. The second kappa shape index (κ2) is 14.2. The number of ether oxygens (including phenoxy) is 1. The number of nitrogens with two attached hydrogens (primary N) is 2. The Bertz CT molecular complexity index is 1210. The van der Waals surface area contributed by atoms with Crippen LogP contribution < -0.4 is 21.5 Å². The van der Waals surface area contributed by atoms with E-state index in [9.17, 15) is 37.5 Å². The van der Waals surface area contributed by atoms with Crippen LogP contribution in [0.25, 0.3) is 0 Å². The third kappa shape index (κ3) is 11.4. The maximum absolute atomic E-state index is 12.3. The van der Waals surface area contributed by atoms with Crippen molar-refractivity contribution in [1.82, 2.24) is 5.32 Å². The molecule has 1 aromatic carbocycles. The Labute approximate surface area is 218 Å². The van der Waals surface area contributed by atoms with Gasteiger partial charge in [0.05, 0.1) is 0 Å². The van der Waals surface area contributed by atoms with Crippen LogP contribution in [0.3, 0.4) is 0 Å². The number of carboxylic acid groups (broad SMARTS) is 2. The largest absolute Gasteiger partial charge is 0.490 e. The van der Waals surface area contributed by atoms with Crippen LogP contribution in [0.5, 0.6) is 5.75 Å². The Morgan fingerprint density at radius 1 is 1.05 bits per heavy atom. The number of nitrogen functional groups attached to an aromatic ring is 1. The summed E-state index contributed by atoms with van der Waals surface area (Å²) < 4.78 is 42.4. The highest BCUT2D eigenvalue weighted by Gasteiger charge is 2.38. The van der Waals surface area contributed by atoms with E-state index >= 15 is 0 Å². The van der Waals surface area contributed by atoms with E-state index in [1.165, 1.54) is 36.4 Å². The molecule has 0 saturated heterocycles. The molecule has 212 valence electrons. The fourth-order valence-corrected chi connectivity index (χ4v) is 2.71. The molecule has 2 rings (SSSR count). The van der Waals surface area contributed by atoms with Gasteiger partial charge in [-0.15, -0.1) is 0 Å². The molecule has 1 heterocycles. The van der Waals surface area contributed by atoms with Gasteiger partial charge in [-0.1, -0.05) is 6.92 Å². The number of benzene rings is 1. The van der Waals surface area contributed by atoms with Crippen molar-refractivity contribution >= 4 is 35.6 Å². The van der Waals surface area contributed by atoms with E-state index in [4.69, 9.17) is 35.9 Å². The summed E-state index contributed by atoms with van der Waals surface area (Å²) in [5.74, 6) is -6.28. The van der Waals surface area contributed by atoms with Crippen LogP contribution >= 0.6 is 0 Å². The number of amidine groups is 1. The highest BCUT2D eigenvalue weighted by Crippen LogP contribution is 2.18. The molecule has 0 spiro atoms. The molecular formula is C23H25F3N4O9. The van der Waals surface area contributed by atoms with Crippen molar-refractivity contribution in [2.75, 3.05) is 0 Å². The van der Waals surface area contributed by atoms with E-state index in [0.29, 0.717) is 11.3 Å². The van der Waals surface area contributed by atoms with E-state index in [2.05, 4.69) is 5.32 Å². The van der Waals surface area contributed by atoms with Gasteiger partial charge in [-0.2, -0.15) is 13.2 Å². The van der Waals surface area contributed by atoms with Gasteiger partial charge in [0.15, 0.2) is 0 Å². The molecule has 1 aromatic heterocycles. The predicted molar refractivity (Wildman–Crippen MR) is 126 cm³/mol. The molecule has 0 saturated carbocycles. The van der Waals surface area contributed by atoms with Gasteiger partial charge in [0, 0.05) is 24.3 Å². The second-order valence-electron chi connectivity index (χ2n) is 7.91. The zero-order valence-electron chi connectivity index (χ0n) is 20.3. The van der Waals surface area contributed by atoms with Crippen LogP contribution in [-0.2, 0) is 25.6 Å². The number of furan rings is 1. The normalized spacial score (nSPS) is 12.2. The van der Waals surface area contributed by atoms with Crippen molar-refractivity contribution in [3.05, 3.63) is 53.5 Å². The van der Waals surface area contributed by atoms with Crippen molar-refractivity contribution in [3.63, 3.8) is 0 Å². The summed E-state index contributed by atoms with van der Waals surface area (Å²) in [5.41, 5.74) is 10.9. The number of amides is 2. The monoisotopic (exact) mass is 558 g/mol. The van der Waals surface area contributed by atoms with E-state index in [1.54, 1.807) is 6.92 Å². The minimum atomic E-state index is -5.08. The molecule has 0 aliphatic heterocycles. The number of hydrogen-bond donors (Lipinski definition) is 6. The number of rotatable bonds is 11. The number of carbonyl (C=O) groups is 5. The number of aliphatic carboxylic acids is 2. The number of halogens is 3. The van der Waals surface area contributed by atoms with Crippen LogP contribution in [-0.4, -0.2) is 58.0 Å². The van der Waals surface area contributed by atoms with Gasteiger partial charge in [-0.05, 0) is 42.8 Å². The summed E-state index contributed by atoms with van der Waals surface area (Å²) in [6, 6.07) is 7.72. The molecule has 16 heteroatoms. The quantitative estimate of drug-likeness (QED) is 0.100. The van der Waals surface area contributed by atoms with Crippen LogP contribution in [0.1, 0.15) is 41.6 Å². The van der Waals surface area contributed by atoms with E-state index in [-0.39, 0.29) is 36.6 Å². The first-order valence-corrected chi connectivity index (χ1v) is 10.9. The van der Waals surface area contributed by atoms with Crippen molar-refractivity contribution in [1.29, 1.82) is 5.41 Å². The lowest BCUT2D eigenvalue weighted by atomic mass is 10.0. The molecule has 39 heavy (non-hydrogen) atoms. The van der Waals surface area contributed by atoms with Gasteiger partial charge in [0.1, 0.15) is 23.4 Å². The third-order valence-corrected chi connectivity index (χ3v) is 4.73. The maximum Gasteiger partial charge on any atom is 0.490 e. The van der Waals surface area contributed by atoms with Crippen molar-refractivity contribution in [2.24, 2.45) is 17.4 Å². The average molecular weight is 558 g/mol. The summed E-state index contributed by atoms with van der Waals surface area (Å²) in [4.78, 5) is 55.6. The molecule has 8 N–H and O–H groups in total. The number of hydrogen-bond acceptors (Lipinski definition) is 8. The summed E-state index contributed by atoms with van der Waals surface area (Å²) in [5, 5.41) is 26.0. The first kappa shape index (κ1) is 32.1. The third-order valence-electron chi connectivity index (χ3n) is 4.73. The number of alkyl halides is 3. The molecule has 0 aliphatic rings. The lowest BCUT2D eigenvalue weighted by molar-refractivity contribution is -0.192. The number of carboxylic acids is 2. The van der Waals surface area contributed by atoms with E-state index in [1.807, 2.05) is 0 Å². The summed E-state index contributed by atoms with van der Waals surface area (Å²) in [6.45, 7) is 1.57. The molecule has 0 fully saturated rings. The predicted octanol–water partition coefficient (Wildman–Crippen LogP) is 1.43. The Morgan fingerprint density at radius 3 is 2.08 bits per heavy atom. The number of primary amides is 1. The Kier molecular flexibility index (Phi) is 11.7. The van der Waals surface area contributed by atoms with Crippen molar-refractivity contribution < 1.29 is 56.5 Å². The van der Waals surface area contributed by atoms with Gasteiger partial charge in [0.2, 0.25) is 17.6 Å². The fourth-order valence-electron chi connectivity index (χ4n) is 2.71. The van der Waals surface area contributed by atoms with Crippen LogP contribution in [0.4, 0.5) is 13.2 Å². The molecule has 0 aliphatic carbocycles. The Hall–Kier alpha value is -4.89. The van der Waals surface area contributed by atoms with Crippen LogP contribution in [0.2, 0.25) is 0 Å². The van der Waals surface area contributed by atoms with Gasteiger partial charge in [-0.25, -0.2) is 14.4 Å². The molecule has 0 unspecified atom stereocenters. The van der Waals surface area contributed by atoms with Crippen LogP contribution in [0, 0.1) is 11.3 Å². The second-order valence-corrected chi connectivity index (χ2v) is 7.91. The van der Waals surface area contributed by atoms with Gasteiger partial charge < -0.3 is 36.2 Å². The van der Waals surface area contributed by atoms with E-state index in [0.717, 1.165) is 0 Å². The summed E-state index contributed by atoms with van der Waals surface area (Å²) in [7, 11) is 0.